The topological polar surface area (TPSA) is 15.3 Å². The van der Waals surface area contributed by atoms with Crippen molar-refractivity contribution in [1.29, 1.82) is 0 Å². The molecular weight excluding hydrogens is 216 g/mol. The van der Waals surface area contributed by atoms with E-state index in [1.807, 2.05) is 11.3 Å². The smallest absolute Gasteiger partial charge is 0.0416 e. The lowest BCUT2D eigenvalue weighted by atomic mass is 10.1. The van der Waals surface area contributed by atoms with Crippen LogP contribution in [-0.4, -0.2) is 30.6 Å². The Labute approximate surface area is 103 Å². The van der Waals surface area contributed by atoms with Crippen LogP contribution in [-0.2, 0) is 0 Å². The zero-order valence-electron chi connectivity index (χ0n) is 10.5. The lowest BCUT2D eigenvalue weighted by molar-refractivity contribution is 0.165. The number of thiophene rings is 1. The van der Waals surface area contributed by atoms with Crippen LogP contribution >= 0.6 is 11.3 Å². The van der Waals surface area contributed by atoms with Crippen molar-refractivity contribution in [1.82, 2.24) is 10.2 Å². The molecule has 1 aliphatic heterocycles. The Bertz CT molecular complexity index is 328. The number of hydrogen-bond acceptors (Lipinski definition) is 3. The van der Waals surface area contributed by atoms with Crippen LogP contribution in [0, 0.1) is 6.92 Å². The van der Waals surface area contributed by atoms with Crippen molar-refractivity contribution < 1.29 is 0 Å². The third kappa shape index (κ3) is 2.47. The summed E-state index contributed by atoms with van der Waals surface area (Å²) < 4.78 is 0. The minimum absolute atomic E-state index is 0.564. The Hall–Kier alpha value is -0.380. The number of hydrogen-bond donors (Lipinski definition) is 1. The van der Waals surface area contributed by atoms with Crippen molar-refractivity contribution in [2.45, 2.75) is 39.3 Å². The fourth-order valence-electron chi connectivity index (χ4n) is 2.61. The predicted octanol–water partition coefficient (Wildman–Crippen LogP) is 2.80. The second kappa shape index (κ2) is 5.30. The van der Waals surface area contributed by atoms with Gasteiger partial charge in [0.25, 0.3) is 0 Å². The largest absolute Gasteiger partial charge is 0.315 e. The summed E-state index contributed by atoms with van der Waals surface area (Å²) in [7, 11) is 0. The minimum atomic E-state index is 0.564. The summed E-state index contributed by atoms with van der Waals surface area (Å²) in [4.78, 5) is 5.55. The lowest BCUT2D eigenvalue weighted by Crippen LogP contribution is -2.38. The number of rotatable bonds is 4. The number of nitrogens with zero attached hydrogens (tertiary/aromatic N) is 1. The molecule has 0 bridgehead atoms. The molecule has 0 saturated carbocycles. The summed E-state index contributed by atoms with van der Waals surface area (Å²) >= 11 is 1.94. The summed E-state index contributed by atoms with van der Waals surface area (Å²) in [5.74, 6) is 0. The van der Waals surface area contributed by atoms with Crippen LogP contribution in [0.2, 0.25) is 0 Å². The van der Waals surface area contributed by atoms with E-state index in [2.05, 4.69) is 43.1 Å². The molecule has 16 heavy (non-hydrogen) atoms. The fourth-order valence-corrected chi connectivity index (χ4v) is 3.56. The van der Waals surface area contributed by atoms with E-state index < -0.39 is 0 Å². The summed E-state index contributed by atoms with van der Waals surface area (Å²) in [6.45, 7) is 10.3. The molecule has 0 amide bonds. The highest BCUT2D eigenvalue weighted by atomic mass is 32.1. The quantitative estimate of drug-likeness (QED) is 0.868. The zero-order chi connectivity index (χ0) is 11.5. The highest BCUT2D eigenvalue weighted by Crippen LogP contribution is 2.29. The molecule has 0 spiro atoms. The third-order valence-corrected chi connectivity index (χ3v) is 4.71. The van der Waals surface area contributed by atoms with Gasteiger partial charge in [0.1, 0.15) is 0 Å². The van der Waals surface area contributed by atoms with Gasteiger partial charge in [-0.25, -0.2) is 0 Å². The molecule has 1 fully saturated rings. The van der Waals surface area contributed by atoms with Gasteiger partial charge in [-0.05, 0) is 45.5 Å². The van der Waals surface area contributed by atoms with E-state index in [1.54, 1.807) is 0 Å². The number of aryl methyl sites for hydroxylation is 1. The molecule has 0 aromatic carbocycles. The molecule has 1 aromatic rings. The molecule has 2 nitrogen and oxygen atoms in total. The Kier molecular flexibility index (Phi) is 4.00. The van der Waals surface area contributed by atoms with Gasteiger partial charge in [-0.15, -0.1) is 11.3 Å². The van der Waals surface area contributed by atoms with Gasteiger partial charge in [-0.2, -0.15) is 0 Å². The Morgan fingerprint density at radius 3 is 2.88 bits per heavy atom. The maximum absolute atomic E-state index is 3.46. The van der Waals surface area contributed by atoms with Crippen molar-refractivity contribution in [3.05, 3.63) is 21.9 Å². The average molecular weight is 238 g/mol. The molecule has 0 aliphatic carbocycles. The normalized spacial score (nSPS) is 22.9. The summed E-state index contributed by atoms with van der Waals surface area (Å²) in [6, 6.07) is 5.81. The van der Waals surface area contributed by atoms with E-state index in [0.29, 0.717) is 6.04 Å². The summed E-state index contributed by atoms with van der Waals surface area (Å²) in [6.07, 6.45) is 1.29. The van der Waals surface area contributed by atoms with E-state index >= 15 is 0 Å². The monoisotopic (exact) mass is 238 g/mol. The van der Waals surface area contributed by atoms with E-state index in [-0.39, 0.29) is 0 Å². The van der Waals surface area contributed by atoms with E-state index in [4.69, 9.17) is 0 Å². The first-order valence-corrected chi connectivity index (χ1v) is 7.06. The van der Waals surface area contributed by atoms with E-state index in [9.17, 15) is 0 Å². The highest BCUT2D eigenvalue weighted by Gasteiger charge is 2.26. The van der Waals surface area contributed by atoms with Gasteiger partial charge in [0.15, 0.2) is 0 Å². The first-order valence-electron chi connectivity index (χ1n) is 6.25. The van der Waals surface area contributed by atoms with Gasteiger partial charge in [0.05, 0.1) is 0 Å². The van der Waals surface area contributed by atoms with Crippen molar-refractivity contribution >= 4 is 11.3 Å². The van der Waals surface area contributed by atoms with Crippen LogP contribution in [0.3, 0.4) is 0 Å². The highest BCUT2D eigenvalue weighted by molar-refractivity contribution is 7.12. The lowest BCUT2D eigenvalue weighted by Gasteiger charge is -2.32. The van der Waals surface area contributed by atoms with Gasteiger partial charge in [0.2, 0.25) is 0 Å². The molecule has 3 heteroatoms. The standard InChI is InChI=1S/C13H22N2S/c1-4-15(12-7-8-14-9-12)11(3)13-6-5-10(2)16-13/h5-6,11-12,14H,4,7-9H2,1-3H3. The second-order valence-corrected chi connectivity index (χ2v) is 5.92. The van der Waals surface area contributed by atoms with Gasteiger partial charge >= 0.3 is 0 Å². The van der Waals surface area contributed by atoms with Crippen molar-refractivity contribution in [2.24, 2.45) is 0 Å². The van der Waals surface area contributed by atoms with Gasteiger partial charge < -0.3 is 5.32 Å². The van der Waals surface area contributed by atoms with Crippen LogP contribution in [0.4, 0.5) is 0 Å². The van der Waals surface area contributed by atoms with Crippen LogP contribution in [0.1, 0.15) is 36.1 Å². The van der Waals surface area contributed by atoms with Gasteiger partial charge in [-0.3, -0.25) is 4.90 Å². The van der Waals surface area contributed by atoms with E-state index in [0.717, 1.165) is 19.1 Å². The molecule has 2 atom stereocenters. The zero-order valence-corrected chi connectivity index (χ0v) is 11.3. The molecule has 0 radical (unpaired) electrons. The van der Waals surface area contributed by atoms with Crippen LogP contribution in [0.25, 0.3) is 0 Å². The Morgan fingerprint density at radius 2 is 2.38 bits per heavy atom. The summed E-state index contributed by atoms with van der Waals surface area (Å²) in [5.41, 5.74) is 0. The van der Waals surface area contributed by atoms with Gasteiger partial charge in [0, 0.05) is 28.4 Å². The number of likely N-dealkylation sites (N-methyl/N-ethyl adjacent to an activating group) is 1. The molecule has 1 N–H and O–H groups in total. The van der Waals surface area contributed by atoms with Crippen LogP contribution < -0.4 is 5.32 Å². The first kappa shape index (κ1) is 12.1. The SMILES string of the molecule is CCN(C1CCNC1)C(C)c1ccc(C)s1. The molecule has 1 aromatic heterocycles. The Balaban J connectivity index is 2.08. The predicted molar refractivity (Wildman–Crippen MR) is 71.1 cm³/mol. The maximum Gasteiger partial charge on any atom is 0.0416 e. The number of nitrogens with one attached hydrogen (secondary N) is 1. The van der Waals surface area contributed by atoms with Crippen molar-refractivity contribution in [3.63, 3.8) is 0 Å². The van der Waals surface area contributed by atoms with Gasteiger partial charge in [-0.1, -0.05) is 6.92 Å². The second-order valence-electron chi connectivity index (χ2n) is 4.60. The molecule has 1 saturated heterocycles. The molecule has 1 aliphatic rings. The van der Waals surface area contributed by atoms with Crippen molar-refractivity contribution in [3.8, 4) is 0 Å². The first-order chi connectivity index (χ1) is 7.72. The molecule has 2 rings (SSSR count). The Morgan fingerprint density at radius 1 is 1.56 bits per heavy atom. The van der Waals surface area contributed by atoms with Crippen molar-refractivity contribution in [2.75, 3.05) is 19.6 Å². The van der Waals surface area contributed by atoms with Crippen LogP contribution in [0.5, 0.6) is 0 Å². The van der Waals surface area contributed by atoms with Crippen LogP contribution in [0.15, 0.2) is 12.1 Å². The minimum Gasteiger partial charge on any atom is -0.315 e. The fraction of sp³-hybridized carbons (Fsp3) is 0.692. The average Bonchev–Trinajstić information content (AvgIpc) is 2.90. The summed E-state index contributed by atoms with van der Waals surface area (Å²) in [5, 5.41) is 3.46. The molecule has 2 heterocycles. The third-order valence-electron chi connectivity index (χ3n) is 3.54. The van der Waals surface area contributed by atoms with E-state index in [1.165, 1.54) is 22.7 Å². The molecule has 2 unspecified atom stereocenters. The maximum atomic E-state index is 3.46. The molecule has 90 valence electrons. The molecular formula is C13H22N2S.